The van der Waals surface area contributed by atoms with Crippen LogP contribution in [0, 0.1) is 6.92 Å². The van der Waals surface area contributed by atoms with Crippen molar-refractivity contribution in [2.24, 2.45) is 0 Å². The molecule has 1 atom stereocenters. The normalized spacial score (nSPS) is 12.2. The van der Waals surface area contributed by atoms with Gasteiger partial charge in [-0.3, -0.25) is 4.79 Å². The average molecular weight is 256 g/mol. The largest absolute Gasteiger partial charge is 0.391 e. The summed E-state index contributed by atoms with van der Waals surface area (Å²) in [4.78, 5) is 11.8. The van der Waals surface area contributed by atoms with Crippen molar-refractivity contribution in [2.75, 3.05) is 6.54 Å². The van der Waals surface area contributed by atoms with Gasteiger partial charge in [-0.05, 0) is 31.0 Å². The highest BCUT2D eigenvalue weighted by molar-refractivity contribution is 6.33. The van der Waals surface area contributed by atoms with Crippen molar-refractivity contribution in [1.82, 2.24) is 5.32 Å². The first-order chi connectivity index (χ1) is 8.04. The Labute approximate surface area is 107 Å². The fourth-order valence-corrected chi connectivity index (χ4v) is 1.87. The van der Waals surface area contributed by atoms with E-state index in [9.17, 15) is 9.90 Å². The average Bonchev–Trinajstić information content (AvgIpc) is 2.26. The molecule has 17 heavy (non-hydrogen) atoms. The van der Waals surface area contributed by atoms with Crippen LogP contribution in [0.4, 0.5) is 0 Å². The van der Waals surface area contributed by atoms with Crippen LogP contribution in [-0.2, 0) is 0 Å². The van der Waals surface area contributed by atoms with E-state index < -0.39 is 6.10 Å². The smallest absolute Gasteiger partial charge is 0.252 e. The second-order valence-electron chi connectivity index (χ2n) is 4.14. The van der Waals surface area contributed by atoms with Gasteiger partial charge in [0, 0.05) is 6.54 Å². The van der Waals surface area contributed by atoms with Crippen LogP contribution in [0.25, 0.3) is 0 Å². The molecule has 0 bridgehead atoms. The first kappa shape index (κ1) is 14.0. The fourth-order valence-electron chi connectivity index (χ4n) is 1.55. The summed E-state index contributed by atoms with van der Waals surface area (Å²) in [5.41, 5.74) is 1.46. The molecule has 4 heteroatoms. The molecule has 0 saturated carbocycles. The lowest BCUT2D eigenvalue weighted by molar-refractivity contribution is 0.0910. The summed E-state index contributed by atoms with van der Waals surface area (Å²) in [6.45, 7) is 4.16. The molecular weight excluding hydrogens is 238 g/mol. The second-order valence-corrected chi connectivity index (χ2v) is 4.54. The number of aliphatic hydroxyl groups excluding tert-OH is 1. The molecule has 1 amide bonds. The summed E-state index contributed by atoms with van der Waals surface area (Å²) >= 11 is 5.98. The van der Waals surface area contributed by atoms with Crippen LogP contribution in [0.5, 0.6) is 0 Å². The Balaban J connectivity index is 2.58. The van der Waals surface area contributed by atoms with Gasteiger partial charge in [0.25, 0.3) is 5.91 Å². The second kappa shape index (κ2) is 6.62. The maximum Gasteiger partial charge on any atom is 0.252 e. The summed E-state index contributed by atoms with van der Waals surface area (Å²) in [5, 5.41) is 12.6. The van der Waals surface area contributed by atoms with Gasteiger partial charge in [-0.1, -0.05) is 31.0 Å². The highest BCUT2D eigenvalue weighted by Crippen LogP contribution is 2.17. The summed E-state index contributed by atoms with van der Waals surface area (Å²) in [6.07, 6.45) is 1.08. The number of carbonyl (C=O) groups is 1. The molecule has 0 heterocycles. The third-order valence-electron chi connectivity index (χ3n) is 2.49. The van der Waals surface area contributed by atoms with Crippen molar-refractivity contribution in [2.45, 2.75) is 32.8 Å². The maximum absolute atomic E-state index is 11.8. The highest BCUT2D eigenvalue weighted by atomic mass is 35.5. The van der Waals surface area contributed by atoms with Gasteiger partial charge in [-0.15, -0.1) is 0 Å². The maximum atomic E-state index is 11.8. The minimum atomic E-state index is -0.492. The molecule has 94 valence electrons. The summed E-state index contributed by atoms with van der Waals surface area (Å²) in [7, 11) is 0. The Morgan fingerprint density at radius 3 is 2.82 bits per heavy atom. The molecule has 0 saturated heterocycles. The molecule has 0 aliphatic carbocycles. The molecule has 0 aliphatic heterocycles. The van der Waals surface area contributed by atoms with Gasteiger partial charge in [0.1, 0.15) is 0 Å². The number of amides is 1. The van der Waals surface area contributed by atoms with E-state index in [0.717, 1.165) is 12.0 Å². The lowest BCUT2D eigenvalue weighted by Crippen LogP contribution is -2.32. The first-order valence-electron chi connectivity index (χ1n) is 5.77. The van der Waals surface area contributed by atoms with Crippen molar-refractivity contribution in [3.8, 4) is 0 Å². The predicted octanol–water partition coefficient (Wildman–Crippen LogP) is 2.54. The number of benzene rings is 1. The molecule has 1 aromatic carbocycles. The lowest BCUT2D eigenvalue weighted by atomic mass is 10.1. The molecule has 2 N–H and O–H groups in total. The fraction of sp³-hybridized carbons (Fsp3) is 0.462. The van der Waals surface area contributed by atoms with Gasteiger partial charge in [-0.2, -0.15) is 0 Å². The third-order valence-corrected chi connectivity index (χ3v) is 2.80. The molecule has 0 aliphatic rings. The van der Waals surface area contributed by atoms with E-state index in [1.165, 1.54) is 0 Å². The molecule has 0 spiro atoms. The number of aryl methyl sites for hydroxylation is 1. The van der Waals surface area contributed by atoms with Crippen LogP contribution in [-0.4, -0.2) is 23.7 Å². The summed E-state index contributed by atoms with van der Waals surface area (Å²) < 4.78 is 0. The molecule has 1 rings (SSSR count). The van der Waals surface area contributed by atoms with Gasteiger partial charge in [0.05, 0.1) is 16.7 Å². The van der Waals surface area contributed by atoms with Gasteiger partial charge in [0.15, 0.2) is 0 Å². The van der Waals surface area contributed by atoms with Crippen LogP contribution < -0.4 is 5.32 Å². The quantitative estimate of drug-likeness (QED) is 0.850. The van der Waals surface area contributed by atoms with Crippen molar-refractivity contribution < 1.29 is 9.90 Å². The van der Waals surface area contributed by atoms with E-state index >= 15 is 0 Å². The van der Waals surface area contributed by atoms with E-state index in [1.807, 2.05) is 19.9 Å². The Bertz CT molecular complexity index is 393. The first-order valence-corrected chi connectivity index (χ1v) is 6.14. The molecule has 3 nitrogen and oxygen atoms in total. The van der Waals surface area contributed by atoms with Crippen LogP contribution in [0.2, 0.25) is 5.02 Å². The van der Waals surface area contributed by atoms with Crippen LogP contribution in [0.3, 0.4) is 0 Å². The Morgan fingerprint density at radius 1 is 1.53 bits per heavy atom. The molecule has 0 aromatic heterocycles. The van der Waals surface area contributed by atoms with Crippen molar-refractivity contribution in [3.63, 3.8) is 0 Å². The number of rotatable bonds is 5. The minimum Gasteiger partial charge on any atom is -0.391 e. The zero-order valence-corrected chi connectivity index (χ0v) is 10.9. The Kier molecular flexibility index (Phi) is 5.45. The van der Waals surface area contributed by atoms with Gasteiger partial charge >= 0.3 is 0 Å². The van der Waals surface area contributed by atoms with Crippen molar-refractivity contribution in [3.05, 3.63) is 34.3 Å². The zero-order valence-electron chi connectivity index (χ0n) is 10.2. The van der Waals surface area contributed by atoms with E-state index in [4.69, 9.17) is 11.6 Å². The van der Waals surface area contributed by atoms with E-state index in [0.29, 0.717) is 17.0 Å². The highest BCUT2D eigenvalue weighted by Gasteiger charge is 2.11. The molecule has 1 unspecified atom stereocenters. The van der Waals surface area contributed by atoms with Crippen molar-refractivity contribution >= 4 is 17.5 Å². The van der Waals surface area contributed by atoms with Crippen LogP contribution in [0.15, 0.2) is 18.2 Å². The third kappa shape index (κ3) is 4.36. The van der Waals surface area contributed by atoms with E-state index in [-0.39, 0.29) is 12.5 Å². The zero-order chi connectivity index (χ0) is 12.8. The van der Waals surface area contributed by atoms with Gasteiger partial charge in [0.2, 0.25) is 0 Å². The van der Waals surface area contributed by atoms with E-state index in [1.54, 1.807) is 12.1 Å². The molecule has 1 aromatic rings. The van der Waals surface area contributed by atoms with E-state index in [2.05, 4.69) is 5.32 Å². The standard InChI is InChI=1S/C13H18ClNO2/c1-3-4-10(16)8-15-13(17)11-6-5-9(2)7-12(11)14/h5-7,10,16H,3-4,8H2,1-2H3,(H,15,17). The van der Waals surface area contributed by atoms with Gasteiger partial charge in [-0.25, -0.2) is 0 Å². The Hall–Kier alpha value is -1.06. The lowest BCUT2D eigenvalue weighted by Gasteiger charge is -2.11. The van der Waals surface area contributed by atoms with Crippen molar-refractivity contribution in [1.29, 1.82) is 0 Å². The summed E-state index contributed by atoms with van der Waals surface area (Å²) in [6, 6.07) is 5.28. The molecule has 0 fully saturated rings. The number of hydrogen-bond acceptors (Lipinski definition) is 2. The number of hydrogen-bond donors (Lipinski definition) is 2. The topological polar surface area (TPSA) is 49.3 Å². The van der Waals surface area contributed by atoms with Crippen LogP contribution >= 0.6 is 11.6 Å². The molecule has 0 radical (unpaired) electrons. The minimum absolute atomic E-state index is 0.245. The number of aliphatic hydroxyl groups is 1. The predicted molar refractivity (Wildman–Crippen MR) is 69.4 cm³/mol. The number of halogens is 1. The van der Waals surface area contributed by atoms with Crippen LogP contribution in [0.1, 0.15) is 35.7 Å². The number of carbonyl (C=O) groups excluding carboxylic acids is 1. The number of nitrogens with one attached hydrogen (secondary N) is 1. The molecular formula is C13H18ClNO2. The Morgan fingerprint density at radius 2 is 2.24 bits per heavy atom. The van der Waals surface area contributed by atoms with Gasteiger partial charge < -0.3 is 10.4 Å². The SMILES string of the molecule is CCCC(O)CNC(=O)c1ccc(C)cc1Cl. The summed E-state index contributed by atoms with van der Waals surface area (Å²) in [5.74, 6) is -0.245. The monoisotopic (exact) mass is 255 g/mol.